The van der Waals surface area contributed by atoms with Crippen LogP contribution in [0, 0.1) is 0 Å². The number of aliphatic imine (C=N–C) groups is 1. The monoisotopic (exact) mass is 520 g/mol. The number of nitrogens with zero attached hydrogens (tertiary/aromatic N) is 3. The van der Waals surface area contributed by atoms with Crippen molar-refractivity contribution in [3.05, 3.63) is 42.4 Å². The Hall–Kier alpha value is -1.66. The molecule has 1 aromatic heterocycles. The number of nitrogens with one attached hydrogen (secondary N) is 3. The molecule has 0 unspecified atom stereocenters. The topological polar surface area (TPSA) is 102 Å². The Morgan fingerprint density at radius 3 is 2.61 bits per heavy atom. The van der Waals surface area contributed by atoms with E-state index in [-0.39, 0.29) is 36.3 Å². The minimum Gasteiger partial charge on any atom is -0.357 e. The zero-order chi connectivity index (χ0) is 19.7. The molecular formula is C18H29IN6O2S. The lowest BCUT2D eigenvalue weighted by Crippen LogP contribution is -2.39. The lowest BCUT2D eigenvalue weighted by molar-refractivity contribution is 0.464. The molecule has 0 saturated carbocycles. The summed E-state index contributed by atoms with van der Waals surface area (Å²) in [6.07, 6.45) is 1.82. The van der Waals surface area contributed by atoms with Crippen LogP contribution >= 0.6 is 24.0 Å². The minimum absolute atomic E-state index is 0. The Balaban J connectivity index is 0.00000392. The summed E-state index contributed by atoms with van der Waals surface area (Å²) in [5.74, 6) is 1.60. The van der Waals surface area contributed by atoms with Gasteiger partial charge >= 0.3 is 0 Å². The second-order valence-corrected chi connectivity index (χ2v) is 8.09. The number of rotatable bonds is 9. The van der Waals surface area contributed by atoms with E-state index >= 15 is 0 Å². The number of imidazole rings is 1. The van der Waals surface area contributed by atoms with E-state index in [1.54, 1.807) is 6.92 Å². The Kier molecular flexibility index (Phi) is 10.5. The highest BCUT2D eigenvalue weighted by Gasteiger charge is 2.10. The summed E-state index contributed by atoms with van der Waals surface area (Å²) in [5.41, 5.74) is 2.05. The molecule has 2 rings (SSSR count). The number of H-pyrrole nitrogens is 1. The largest absolute Gasteiger partial charge is 0.357 e. The molecule has 2 aromatic rings. The van der Waals surface area contributed by atoms with Crippen LogP contribution in [0.2, 0.25) is 0 Å². The van der Waals surface area contributed by atoms with Crippen molar-refractivity contribution < 1.29 is 8.42 Å². The average Bonchev–Trinajstić information content (AvgIpc) is 3.13. The molecule has 8 nitrogen and oxygen atoms in total. The van der Waals surface area contributed by atoms with Gasteiger partial charge in [-0.2, -0.15) is 0 Å². The van der Waals surface area contributed by atoms with Gasteiger partial charge < -0.3 is 15.2 Å². The lowest BCUT2D eigenvalue weighted by atomic mass is 10.2. The van der Waals surface area contributed by atoms with E-state index in [4.69, 9.17) is 0 Å². The first-order chi connectivity index (χ1) is 12.9. The minimum atomic E-state index is -3.19. The van der Waals surface area contributed by atoms with Crippen LogP contribution in [0.3, 0.4) is 0 Å². The van der Waals surface area contributed by atoms with E-state index in [0.29, 0.717) is 19.0 Å². The van der Waals surface area contributed by atoms with Crippen LogP contribution in [0.15, 0.2) is 41.5 Å². The molecule has 28 heavy (non-hydrogen) atoms. The third kappa shape index (κ3) is 7.76. The summed E-state index contributed by atoms with van der Waals surface area (Å²) < 4.78 is 25.4. The normalized spacial score (nSPS) is 11.8. The number of aromatic nitrogens is 2. The molecule has 0 aliphatic heterocycles. The highest BCUT2D eigenvalue weighted by atomic mass is 127. The summed E-state index contributed by atoms with van der Waals surface area (Å²) in [4.78, 5) is 14.2. The van der Waals surface area contributed by atoms with Crippen molar-refractivity contribution in [2.45, 2.75) is 20.4 Å². The zero-order valence-electron chi connectivity index (χ0n) is 16.5. The lowest BCUT2D eigenvalue weighted by Gasteiger charge is -2.21. The van der Waals surface area contributed by atoms with Gasteiger partial charge in [0.05, 0.1) is 30.7 Å². The van der Waals surface area contributed by atoms with Crippen molar-refractivity contribution in [3.63, 3.8) is 0 Å². The van der Waals surface area contributed by atoms with E-state index in [1.807, 2.05) is 55.4 Å². The molecule has 0 aliphatic rings. The van der Waals surface area contributed by atoms with Gasteiger partial charge in [0.25, 0.3) is 0 Å². The molecule has 0 amide bonds. The maximum atomic E-state index is 11.5. The maximum absolute atomic E-state index is 11.5. The van der Waals surface area contributed by atoms with Gasteiger partial charge in [0, 0.05) is 20.1 Å². The van der Waals surface area contributed by atoms with Crippen molar-refractivity contribution in [1.82, 2.24) is 24.9 Å². The molecule has 1 aromatic carbocycles. The highest BCUT2D eigenvalue weighted by molar-refractivity contribution is 14.0. The van der Waals surface area contributed by atoms with Gasteiger partial charge in [-0.25, -0.2) is 18.1 Å². The predicted molar refractivity (Wildman–Crippen MR) is 124 cm³/mol. The van der Waals surface area contributed by atoms with E-state index in [2.05, 4.69) is 25.0 Å². The van der Waals surface area contributed by atoms with Gasteiger partial charge in [-0.1, -0.05) is 30.3 Å². The first-order valence-corrected chi connectivity index (χ1v) is 10.7. The van der Waals surface area contributed by atoms with Crippen molar-refractivity contribution in [2.75, 3.05) is 32.4 Å². The Morgan fingerprint density at radius 2 is 1.96 bits per heavy atom. The van der Waals surface area contributed by atoms with Crippen LogP contribution in [0.4, 0.5) is 0 Å². The summed E-state index contributed by atoms with van der Waals surface area (Å²) in [7, 11) is -1.27. The fraction of sp³-hybridized carbons (Fsp3) is 0.444. The number of hydrogen-bond acceptors (Lipinski definition) is 4. The van der Waals surface area contributed by atoms with Crippen LogP contribution in [0.1, 0.15) is 19.7 Å². The van der Waals surface area contributed by atoms with E-state index in [1.165, 1.54) is 0 Å². The van der Waals surface area contributed by atoms with E-state index in [0.717, 1.165) is 23.6 Å². The summed E-state index contributed by atoms with van der Waals surface area (Å²) in [6, 6.07) is 10.0. The third-order valence-corrected chi connectivity index (χ3v) is 5.28. The number of guanidine groups is 1. The summed E-state index contributed by atoms with van der Waals surface area (Å²) in [6.45, 7) is 5.51. The van der Waals surface area contributed by atoms with Crippen LogP contribution in [-0.2, 0) is 16.6 Å². The van der Waals surface area contributed by atoms with Crippen LogP contribution in [-0.4, -0.2) is 61.7 Å². The predicted octanol–water partition coefficient (Wildman–Crippen LogP) is 2.03. The fourth-order valence-corrected chi connectivity index (χ4v) is 3.05. The highest BCUT2D eigenvalue weighted by Crippen LogP contribution is 2.16. The second-order valence-electron chi connectivity index (χ2n) is 6.00. The first kappa shape index (κ1) is 24.4. The number of halogens is 1. The zero-order valence-corrected chi connectivity index (χ0v) is 19.6. The molecule has 3 N–H and O–H groups in total. The molecule has 0 saturated heterocycles. The third-order valence-electron chi connectivity index (χ3n) is 3.87. The van der Waals surface area contributed by atoms with Crippen molar-refractivity contribution in [2.24, 2.45) is 4.99 Å². The van der Waals surface area contributed by atoms with Gasteiger partial charge in [0.1, 0.15) is 5.82 Å². The number of aromatic amines is 1. The van der Waals surface area contributed by atoms with Crippen molar-refractivity contribution in [1.29, 1.82) is 0 Å². The molecule has 1 heterocycles. The van der Waals surface area contributed by atoms with Crippen LogP contribution in [0.5, 0.6) is 0 Å². The molecule has 0 aliphatic carbocycles. The molecule has 0 radical (unpaired) electrons. The number of sulfonamides is 1. The van der Waals surface area contributed by atoms with Gasteiger partial charge in [-0.3, -0.25) is 4.99 Å². The molecule has 10 heteroatoms. The van der Waals surface area contributed by atoms with Gasteiger partial charge in [-0.05, 0) is 19.4 Å². The van der Waals surface area contributed by atoms with Crippen LogP contribution < -0.4 is 10.0 Å². The molecule has 0 atom stereocenters. The Bertz CT molecular complexity index is 839. The van der Waals surface area contributed by atoms with E-state index in [9.17, 15) is 8.42 Å². The number of hydrogen-bond donors (Lipinski definition) is 3. The van der Waals surface area contributed by atoms with Crippen LogP contribution in [0.25, 0.3) is 11.3 Å². The first-order valence-electron chi connectivity index (χ1n) is 9.01. The molecule has 0 fully saturated rings. The number of benzene rings is 1. The Labute approximate surface area is 184 Å². The SMILES string of the molecule is CCNC(=NCCNS(=O)(=O)CC)N(C)Cc1ncc(-c2ccccc2)[nH]1.I. The fourth-order valence-electron chi connectivity index (χ4n) is 2.44. The van der Waals surface area contributed by atoms with Gasteiger partial charge in [-0.15, -0.1) is 24.0 Å². The maximum Gasteiger partial charge on any atom is 0.211 e. The summed E-state index contributed by atoms with van der Waals surface area (Å²) in [5, 5.41) is 3.21. The molecule has 0 bridgehead atoms. The standard InChI is InChI=1S/C18H28N6O2S.HI/c1-4-19-18(20-11-12-22-27(25,26)5-2)24(3)14-17-21-13-16(23-17)15-9-7-6-8-10-15;/h6-10,13,22H,4-5,11-12,14H2,1-3H3,(H,19,20)(H,21,23);1H. The van der Waals surface area contributed by atoms with Crippen molar-refractivity contribution >= 4 is 40.0 Å². The van der Waals surface area contributed by atoms with Gasteiger partial charge in [0.2, 0.25) is 10.0 Å². The summed E-state index contributed by atoms with van der Waals surface area (Å²) >= 11 is 0. The Morgan fingerprint density at radius 1 is 1.25 bits per heavy atom. The van der Waals surface area contributed by atoms with Gasteiger partial charge in [0.15, 0.2) is 5.96 Å². The second kappa shape index (κ2) is 12.0. The molecule has 156 valence electrons. The molecule has 0 spiro atoms. The van der Waals surface area contributed by atoms with Crippen molar-refractivity contribution in [3.8, 4) is 11.3 Å². The molecular weight excluding hydrogens is 491 g/mol. The average molecular weight is 520 g/mol. The smallest absolute Gasteiger partial charge is 0.211 e. The van der Waals surface area contributed by atoms with E-state index < -0.39 is 10.0 Å². The quantitative estimate of drug-likeness (QED) is 0.203.